The van der Waals surface area contributed by atoms with E-state index in [0.717, 1.165) is 22.6 Å². The van der Waals surface area contributed by atoms with Crippen molar-refractivity contribution in [2.75, 3.05) is 14.2 Å². The predicted octanol–water partition coefficient (Wildman–Crippen LogP) is 3.82. The fraction of sp³-hybridized carbons (Fsp3) is 0.350. The highest BCUT2D eigenvalue weighted by molar-refractivity contribution is 5.81. The van der Waals surface area contributed by atoms with Crippen LogP contribution in [0.15, 0.2) is 48.5 Å². The van der Waals surface area contributed by atoms with Gasteiger partial charge in [0.1, 0.15) is 11.5 Å². The molecule has 0 N–H and O–H groups in total. The molecule has 0 fully saturated rings. The van der Waals surface area contributed by atoms with Crippen molar-refractivity contribution in [3.8, 4) is 11.5 Å². The molecule has 2 rings (SSSR count). The summed E-state index contributed by atoms with van der Waals surface area (Å²) in [5.74, 6) is 1.50. The highest BCUT2D eigenvalue weighted by atomic mass is 16.5. The lowest BCUT2D eigenvalue weighted by Crippen LogP contribution is -2.39. The highest BCUT2D eigenvalue weighted by Gasteiger charge is 2.23. The average Bonchev–Trinajstić information content (AvgIpc) is 2.61. The quantitative estimate of drug-likeness (QED) is 0.776. The van der Waals surface area contributed by atoms with E-state index in [0.29, 0.717) is 13.0 Å². The van der Waals surface area contributed by atoms with E-state index in [1.165, 1.54) is 0 Å². The van der Waals surface area contributed by atoms with Gasteiger partial charge in [0.05, 0.1) is 7.11 Å². The Morgan fingerprint density at radius 1 is 1.08 bits per heavy atom. The molecule has 0 saturated carbocycles. The summed E-state index contributed by atoms with van der Waals surface area (Å²) in [6.07, 6.45) is 0.120. The van der Waals surface area contributed by atoms with Crippen molar-refractivity contribution in [1.29, 1.82) is 0 Å². The van der Waals surface area contributed by atoms with Crippen molar-refractivity contribution < 1.29 is 14.3 Å². The second-order valence-corrected chi connectivity index (χ2v) is 5.79. The predicted molar refractivity (Wildman–Crippen MR) is 95.4 cm³/mol. The van der Waals surface area contributed by atoms with E-state index >= 15 is 0 Å². The van der Waals surface area contributed by atoms with Crippen LogP contribution in [0.25, 0.3) is 0 Å². The zero-order chi connectivity index (χ0) is 17.5. The van der Waals surface area contributed by atoms with Crippen LogP contribution in [0, 0.1) is 6.92 Å². The van der Waals surface area contributed by atoms with Crippen molar-refractivity contribution in [2.45, 2.75) is 32.9 Å². The molecule has 4 heteroatoms. The highest BCUT2D eigenvalue weighted by Crippen LogP contribution is 2.22. The van der Waals surface area contributed by atoms with Crippen molar-refractivity contribution in [2.24, 2.45) is 0 Å². The topological polar surface area (TPSA) is 38.8 Å². The molecule has 0 unspecified atom stereocenters. The van der Waals surface area contributed by atoms with Gasteiger partial charge in [-0.15, -0.1) is 0 Å². The normalized spacial score (nSPS) is 11.7. The van der Waals surface area contributed by atoms with Crippen molar-refractivity contribution in [3.05, 3.63) is 59.7 Å². The van der Waals surface area contributed by atoms with Crippen LogP contribution in [0.4, 0.5) is 0 Å². The lowest BCUT2D eigenvalue weighted by Gasteiger charge is -2.25. The van der Waals surface area contributed by atoms with E-state index in [9.17, 15) is 4.79 Å². The number of rotatable bonds is 7. The van der Waals surface area contributed by atoms with Crippen LogP contribution < -0.4 is 9.47 Å². The van der Waals surface area contributed by atoms with Gasteiger partial charge in [0.15, 0.2) is 6.10 Å². The summed E-state index contributed by atoms with van der Waals surface area (Å²) < 4.78 is 11.3. The van der Waals surface area contributed by atoms with Gasteiger partial charge in [-0.05, 0) is 31.0 Å². The minimum absolute atomic E-state index is 0.0355. The largest absolute Gasteiger partial charge is 0.496 e. The van der Waals surface area contributed by atoms with E-state index in [-0.39, 0.29) is 5.91 Å². The third-order valence-corrected chi connectivity index (χ3v) is 3.99. The summed E-state index contributed by atoms with van der Waals surface area (Å²) in [5, 5.41) is 0. The summed E-state index contributed by atoms with van der Waals surface area (Å²) in [5.41, 5.74) is 2.00. The molecule has 1 atom stereocenters. The maximum atomic E-state index is 12.8. The van der Waals surface area contributed by atoms with Gasteiger partial charge in [-0.3, -0.25) is 4.79 Å². The SMILES string of the molecule is CC[C@@H](Oc1ccccc1C)C(=O)N(C)Cc1ccccc1OC. The van der Waals surface area contributed by atoms with E-state index in [4.69, 9.17) is 9.47 Å². The maximum absolute atomic E-state index is 12.8. The molecule has 0 saturated heterocycles. The van der Waals surface area contributed by atoms with Gasteiger partial charge in [0, 0.05) is 19.2 Å². The minimum atomic E-state index is -0.495. The first kappa shape index (κ1) is 17.9. The summed E-state index contributed by atoms with van der Waals surface area (Å²) in [4.78, 5) is 14.4. The molecule has 0 aliphatic carbocycles. The van der Waals surface area contributed by atoms with Crippen molar-refractivity contribution in [3.63, 3.8) is 0 Å². The molecular weight excluding hydrogens is 302 g/mol. The number of hydrogen-bond donors (Lipinski definition) is 0. The van der Waals surface area contributed by atoms with E-state index < -0.39 is 6.10 Å². The fourth-order valence-corrected chi connectivity index (χ4v) is 2.56. The van der Waals surface area contributed by atoms with Crippen molar-refractivity contribution in [1.82, 2.24) is 4.90 Å². The average molecular weight is 327 g/mol. The first-order valence-electron chi connectivity index (χ1n) is 8.16. The Kier molecular flexibility index (Phi) is 6.24. The molecule has 1 amide bonds. The molecular formula is C20H25NO3. The molecule has 0 aliphatic rings. The van der Waals surface area contributed by atoms with Crippen LogP contribution in [0.3, 0.4) is 0 Å². The Balaban J connectivity index is 2.08. The fourth-order valence-electron chi connectivity index (χ4n) is 2.56. The molecule has 128 valence electrons. The molecule has 0 heterocycles. The number of ether oxygens (including phenoxy) is 2. The van der Waals surface area contributed by atoms with Gasteiger partial charge >= 0.3 is 0 Å². The van der Waals surface area contributed by atoms with Crippen LogP contribution in [-0.2, 0) is 11.3 Å². The first-order chi connectivity index (χ1) is 11.6. The molecule has 0 radical (unpaired) electrons. The van der Waals surface area contributed by atoms with Crippen LogP contribution in [0.1, 0.15) is 24.5 Å². The lowest BCUT2D eigenvalue weighted by atomic mass is 10.1. The molecule has 4 nitrogen and oxygen atoms in total. The Bertz CT molecular complexity index is 684. The molecule has 0 spiro atoms. The zero-order valence-electron chi connectivity index (χ0n) is 14.8. The monoisotopic (exact) mass is 327 g/mol. The van der Waals surface area contributed by atoms with Gasteiger partial charge < -0.3 is 14.4 Å². The van der Waals surface area contributed by atoms with Gasteiger partial charge in [-0.2, -0.15) is 0 Å². The van der Waals surface area contributed by atoms with Crippen molar-refractivity contribution >= 4 is 5.91 Å². The number of carbonyl (C=O) groups is 1. The summed E-state index contributed by atoms with van der Waals surface area (Å²) in [6.45, 7) is 4.42. The maximum Gasteiger partial charge on any atom is 0.263 e. The minimum Gasteiger partial charge on any atom is -0.496 e. The van der Waals surface area contributed by atoms with E-state index in [1.54, 1.807) is 19.1 Å². The number of hydrogen-bond acceptors (Lipinski definition) is 3. The van der Waals surface area contributed by atoms with E-state index in [1.807, 2.05) is 62.4 Å². The van der Waals surface area contributed by atoms with E-state index in [2.05, 4.69) is 0 Å². The van der Waals surface area contributed by atoms with Crippen LogP contribution in [0.5, 0.6) is 11.5 Å². The number of likely N-dealkylation sites (N-methyl/N-ethyl adjacent to an activating group) is 1. The molecule has 2 aromatic rings. The van der Waals surface area contributed by atoms with Gasteiger partial charge in [-0.1, -0.05) is 43.3 Å². The summed E-state index contributed by atoms with van der Waals surface area (Å²) in [7, 11) is 3.43. The number of methoxy groups -OCH3 is 1. The van der Waals surface area contributed by atoms with Gasteiger partial charge in [-0.25, -0.2) is 0 Å². The third-order valence-electron chi connectivity index (χ3n) is 3.99. The molecule has 2 aromatic carbocycles. The number of nitrogens with zero attached hydrogens (tertiary/aromatic N) is 1. The molecule has 0 aromatic heterocycles. The number of amides is 1. The number of carbonyl (C=O) groups excluding carboxylic acids is 1. The summed E-state index contributed by atoms with van der Waals surface area (Å²) in [6, 6.07) is 15.5. The second kappa shape index (κ2) is 8.39. The first-order valence-corrected chi connectivity index (χ1v) is 8.16. The second-order valence-electron chi connectivity index (χ2n) is 5.79. The van der Waals surface area contributed by atoms with Crippen LogP contribution >= 0.6 is 0 Å². The van der Waals surface area contributed by atoms with Gasteiger partial charge in [0.25, 0.3) is 5.91 Å². The standard InChI is InChI=1S/C20H25NO3/c1-5-17(24-18-12-8-6-10-15(18)2)20(22)21(3)14-16-11-7-9-13-19(16)23-4/h6-13,17H,5,14H2,1-4H3/t17-/m1/s1. The Hall–Kier alpha value is -2.49. The molecule has 0 aliphatic heterocycles. The van der Waals surface area contributed by atoms with Gasteiger partial charge in [0.2, 0.25) is 0 Å². The number of benzene rings is 2. The van der Waals surface area contributed by atoms with Crippen LogP contribution in [0.2, 0.25) is 0 Å². The van der Waals surface area contributed by atoms with Crippen LogP contribution in [-0.4, -0.2) is 31.1 Å². The smallest absolute Gasteiger partial charge is 0.263 e. The Labute approximate surface area is 144 Å². The zero-order valence-corrected chi connectivity index (χ0v) is 14.8. The third kappa shape index (κ3) is 4.28. The number of aryl methyl sites for hydroxylation is 1. The number of para-hydroxylation sites is 2. The molecule has 24 heavy (non-hydrogen) atoms. The lowest BCUT2D eigenvalue weighted by molar-refractivity contribution is -0.138. The molecule has 0 bridgehead atoms. The Morgan fingerprint density at radius 3 is 2.33 bits per heavy atom. The summed E-state index contributed by atoms with van der Waals surface area (Å²) >= 11 is 0. The Morgan fingerprint density at radius 2 is 1.71 bits per heavy atom.